The lowest BCUT2D eigenvalue weighted by molar-refractivity contribution is -0.120. The van der Waals surface area contributed by atoms with Gasteiger partial charge >= 0.3 is 0 Å². The van der Waals surface area contributed by atoms with Crippen LogP contribution in [0.25, 0.3) is 10.9 Å². The van der Waals surface area contributed by atoms with Crippen molar-refractivity contribution in [2.24, 2.45) is 23.7 Å². The number of anilines is 1. The molecule has 0 saturated heterocycles. The van der Waals surface area contributed by atoms with E-state index in [1.807, 2.05) is 13.1 Å². The van der Waals surface area contributed by atoms with Crippen LogP contribution in [0.1, 0.15) is 44.1 Å². The molecule has 2 heterocycles. The molecular weight excluding hydrogens is 413 g/mol. The Morgan fingerprint density at radius 1 is 1.10 bits per heavy atom. The van der Waals surface area contributed by atoms with Crippen LogP contribution in [0.2, 0.25) is 5.02 Å². The number of halogens is 2. The monoisotopic (exact) mass is 437 g/mol. The molecular formula is C25H25ClFN3O. The van der Waals surface area contributed by atoms with Gasteiger partial charge < -0.3 is 5.32 Å². The van der Waals surface area contributed by atoms with Gasteiger partial charge in [0.2, 0.25) is 5.91 Å². The largest absolute Gasteiger partial charge is 0.310 e. The number of hydrogen-bond donors (Lipinski definition) is 1. The summed E-state index contributed by atoms with van der Waals surface area (Å²) in [5, 5.41) is 4.41. The molecule has 2 aromatic heterocycles. The van der Waals surface area contributed by atoms with Gasteiger partial charge in [0.25, 0.3) is 0 Å². The van der Waals surface area contributed by atoms with Crippen molar-refractivity contribution in [2.45, 2.75) is 38.5 Å². The summed E-state index contributed by atoms with van der Waals surface area (Å²) in [6.45, 7) is 2.02. The number of hydrogen-bond acceptors (Lipinski definition) is 3. The molecule has 1 aromatic carbocycles. The van der Waals surface area contributed by atoms with Crippen LogP contribution in [0.4, 0.5) is 10.2 Å². The van der Waals surface area contributed by atoms with Crippen LogP contribution in [0.3, 0.4) is 0 Å². The minimum absolute atomic E-state index is 0.0203. The highest BCUT2D eigenvalue weighted by atomic mass is 35.5. The minimum atomic E-state index is -0.213. The number of carbonyl (C=O) groups excluding carboxylic acids is 1. The molecule has 2 unspecified atom stereocenters. The average molecular weight is 438 g/mol. The Hall–Kier alpha value is -2.53. The van der Waals surface area contributed by atoms with Gasteiger partial charge in [-0.1, -0.05) is 18.5 Å². The van der Waals surface area contributed by atoms with Crippen LogP contribution in [0, 0.1) is 29.5 Å². The molecule has 2 fully saturated rings. The van der Waals surface area contributed by atoms with Crippen molar-refractivity contribution in [2.75, 3.05) is 5.32 Å². The molecule has 3 aromatic rings. The van der Waals surface area contributed by atoms with Gasteiger partial charge in [0.05, 0.1) is 10.5 Å². The molecule has 2 aliphatic carbocycles. The van der Waals surface area contributed by atoms with Crippen LogP contribution < -0.4 is 5.32 Å². The van der Waals surface area contributed by atoms with Crippen molar-refractivity contribution in [3.05, 3.63) is 65.2 Å². The number of aromatic nitrogens is 2. The highest BCUT2D eigenvalue weighted by Crippen LogP contribution is 2.54. The fraction of sp³-hybridized carbons (Fsp3) is 0.400. The number of benzene rings is 1. The number of carbonyl (C=O) groups is 1. The maximum absolute atomic E-state index is 13.8. The molecule has 31 heavy (non-hydrogen) atoms. The number of rotatable bonds is 4. The number of pyridine rings is 2. The summed E-state index contributed by atoms with van der Waals surface area (Å²) in [7, 11) is 0. The van der Waals surface area contributed by atoms with Crippen molar-refractivity contribution < 1.29 is 9.18 Å². The lowest BCUT2D eigenvalue weighted by Crippen LogP contribution is -2.26. The van der Waals surface area contributed by atoms with Crippen molar-refractivity contribution in [3.8, 4) is 0 Å². The predicted octanol–water partition coefficient (Wildman–Crippen LogP) is 6.22. The zero-order valence-electron chi connectivity index (χ0n) is 17.4. The molecule has 5 atom stereocenters. The first-order valence-electron chi connectivity index (χ1n) is 10.9. The smallest absolute Gasteiger partial charge is 0.228 e. The van der Waals surface area contributed by atoms with E-state index in [1.165, 1.54) is 17.8 Å². The van der Waals surface area contributed by atoms with E-state index in [0.717, 1.165) is 36.6 Å². The van der Waals surface area contributed by atoms with Gasteiger partial charge in [-0.05, 0) is 91.3 Å². The maximum Gasteiger partial charge on any atom is 0.228 e. The van der Waals surface area contributed by atoms with E-state index in [1.54, 1.807) is 24.3 Å². The Morgan fingerprint density at radius 3 is 2.58 bits per heavy atom. The van der Waals surface area contributed by atoms with Gasteiger partial charge in [0, 0.05) is 23.7 Å². The molecule has 1 amide bonds. The summed E-state index contributed by atoms with van der Waals surface area (Å²) < 4.78 is 13.8. The molecule has 0 bridgehead atoms. The van der Waals surface area contributed by atoms with Gasteiger partial charge in [-0.2, -0.15) is 0 Å². The Kier molecular flexibility index (Phi) is 5.39. The lowest BCUT2D eigenvalue weighted by atomic mass is 9.86. The van der Waals surface area contributed by atoms with Crippen LogP contribution in [0.15, 0.2) is 48.8 Å². The Labute approximate surface area is 186 Å². The molecule has 0 aliphatic heterocycles. The average Bonchev–Trinajstić information content (AvgIpc) is 3.33. The highest BCUT2D eigenvalue weighted by Gasteiger charge is 2.44. The lowest BCUT2D eigenvalue weighted by Gasteiger charge is -2.21. The molecule has 4 nitrogen and oxygen atoms in total. The fourth-order valence-electron chi connectivity index (χ4n) is 5.73. The number of fused-ring (bicyclic) bond motifs is 2. The fourth-order valence-corrected chi connectivity index (χ4v) is 5.84. The van der Waals surface area contributed by atoms with E-state index >= 15 is 0 Å². The molecule has 1 N–H and O–H groups in total. The van der Waals surface area contributed by atoms with Gasteiger partial charge in [-0.25, -0.2) is 9.37 Å². The summed E-state index contributed by atoms with van der Waals surface area (Å²) in [6.07, 6.45) is 7.72. The second-order valence-corrected chi connectivity index (χ2v) is 9.56. The van der Waals surface area contributed by atoms with E-state index in [9.17, 15) is 9.18 Å². The first kappa shape index (κ1) is 20.4. The molecule has 5 rings (SSSR count). The molecule has 2 aliphatic rings. The second kappa shape index (κ2) is 8.19. The Balaban J connectivity index is 1.24. The molecule has 160 valence electrons. The van der Waals surface area contributed by atoms with Crippen molar-refractivity contribution in [3.63, 3.8) is 0 Å². The topological polar surface area (TPSA) is 54.9 Å². The Bertz CT molecular complexity index is 1110. The van der Waals surface area contributed by atoms with Gasteiger partial charge in [-0.3, -0.25) is 9.78 Å². The van der Waals surface area contributed by atoms with Gasteiger partial charge in [0.15, 0.2) is 0 Å². The highest BCUT2D eigenvalue weighted by molar-refractivity contribution is 6.30. The first-order valence-corrected chi connectivity index (χ1v) is 11.3. The van der Waals surface area contributed by atoms with Crippen molar-refractivity contribution >= 4 is 34.2 Å². The Morgan fingerprint density at radius 2 is 1.87 bits per heavy atom. The normalized spacial score (nSPS) is 26.0. The zero-order chi connectivity index (χ0) is 21.5. The minimum Gasteiger partial charge on any atom is -0.310 e. The summed E-state index contributed by atoms with van der Waals surface area (Å²) in [6, 6.07) is 10.4. The van der Waals surface area contributed by atoms with Gasteiger partial charge in [-0.15, -0.1) is 0 Å². The number of nitrogens with one attached hydrogen (secondary N) is 1. The SMILES string of the molecule is C[C@H](C(=O)Nc1ccc(Cl)cn1)C1C[C@H]2CC(c3ccnc4ccc(F)cc34)C[C@H]2C1. The summed E-state index contributed by atoms with van der Waals surface area (Å²) >= 11 is 5.87. The van der Waals surface area contributed by atoms with Crippen LogP contribution in [0.5, 0.6) is 0 Å². The third-order valence-electron chi connectivity index (χ3n) is 7.33. The third-order valence-corrected chi connectivity index (χ3v) is 7.55. The second-order valence-electron chi connectivity index (χ2n) is 9.12. The molecule has 6 heteroatoms. The first-order chi connectivity index (χ1) is 15.0. The van der Waals surface area contributed by atoms with Crippen LogP contribution in [-0.2, 0) is 4.79 Å². The van der Waals surface area contributed by atoms with E-state index in [0.29, 0.717) is 34.5 Å². The quantitative estimate of drug-likeness (QED) is 0.527. The van der Waals surface area contributed by atoms with Crippen LogP contribution in [-0.4, -0.2) is 15.9 Å². The zero-order valence-corrected chi connectivity index (χ0v) is 18.1. The van der Waals surface area contributed by atoms with E-state index in [2.05, 4.69) is 21.4 Å². The van der Waals surface area contributed by atoms with E-state index in [4.69, 9.17) is 11.6 Å². The van der Waals surface area contributed by atoms with E-state index < -0.39 is 0 Å². The summed E-state index contributed by atoms with van der Waals surface area (Å²) in [5.74, 6) is 2.35. The number of amides is 1. The number of nitrogens with zero attached hydrogens (tertiary/aromatic N) is 2. The van der Waals surface area contributed by atoms with E-state index in [-0.39, 0.29) is 17.6 Å². The predicted molar refractivity (Wildman–Crippen MR) is 120 cm³/mol. The standard InChI is InChI=1S/C25H25ClFN3O/c1-14(25(31)30-24-5-2-19(26)13-29-24)15-8-16-10-18(11-17(16)9-15)21-6-7-28-23-4-3-20(27)12-22(21)23/h2-7,12-18H,8-11H2,1H3,(H,29,30,31)/t14-,15?,16-,17+,18?/m0/s1. The summed E-state index contributed by atoms with van der Waals surface area (Å²) in [5.41, 5.74) is 2.07. The van der Waals surface area contributed by atoms with Gasteiger partial charge in [0.1, 0.15) is 11.6 Å². The van der Waals surface area contributed by atoms with Crippen molar-refractivity contribution in [1.82, 2.24) is 9.97 Å². The summed E-state index contributed by atoms with van der Waals surface area (Å²) in [4.78, 5) is 21.3. The van der Waals surface area contributed by atoms with Crippen LogP contribution >= 0.6 is 11.6 Å². The molecule has 0 radical (unpaired) electrons. The third kappa shape index (κ3) is 4.03. The molecule has 0 spiro atoms. The van der Waals surface area contributed by atoms with Crippen molar-refractivity contribution in [1.29, 1.82) is 0 Å². The molecule has 2 saturated carbocycles. The maximum atomic E-state index is 13.8.